The summed E-state index contributed by atoms with van der Waals surface area (Å²) >= 11 is 0. The number of aryl methyl sites for hydroxylation is 1. The van der Waals surface area contributed by atoms with E-state index in [1.165, 1.54) is 6.07 Å². The van der Waals surface area contributed by atoms with Gasteiger partial charge in [-0.05, 0) is 42.2 Å². The van der Waals surface area contributed by atoms with E-state index < -0.39 is 23.7 Å². The fourth-order valence-corrected chi connectivity index (χ4v) is 3.23. The van der Waals surface area contributed by atoms with E-state index in [1.54, 1.807) is 6.92 Å². The molecule has 1 aromatic heterocycles. The van der Waals surface area contributed by atoms with E-state index in [4.69, 9.17) is 0 Å². The molecule has 0 saturated heterocycles. The molecular formula is C21H19F3N2O2. The lowest BCUT2D eigenvalue weighted by atomic mass is 10.0. The van der Waals surface area contributed by atoms with Crippen LogP contribution in [0.1, 0.15) is 34.1 Å². The van der Waals surface area contributed by atoms with Gasteiger partial charge in [0.05, 0.1) is 11.6 Å². The van der Waals surface area contributed by atoms with Gasteiger partial charge in [-0.1, -0.05) is 37.3 Å². The molecule has 3 rings (SSSR count). The fourth-order valence-electron chi connectivity index (χ4n) is 3.23. The number of aromatic amines is 1. The second kappa shape index (κ2) is 7.88. The number of amides is 1. The summed E-state index contributed by atoms with van der Waals surface area (Å²) < 4.78 is 39.0. The Hall–Kier alpha value is -3.09. The summed E-state index contributed by atoms with van der Waals surface area (Å²) in [5.74, 6) is -0.519. The monoisotopic (exact) mass is 388 g/mol. The minimum atomic E-state index is -4.46. The number of hydrogen-bond donors (Lipinski definition) is 2. The van der Waals surface area contributed by atoms with Gasteiger partial charge in [-0.2, -0.15) is 13.2 Å². The molecule has 0 aliphatic heterocycles. The zero-order chi connectivity index (χ0) is 20.3. The van der Waals surface area contributed by atoms with Gasteiger partial charge in [0.15, 0.2) is 0 Å². The van der Waals surface area contributed by atoms with Gasteiger partial charge in [0.25, 0.3) is 5.91 Å². The molecule has 0 spiro atoms. The molecule has 1 atom stereocenters. The highest BCUT2D eigenvalue weighted by atomic mass is 19.4. The Morgan fingerprint density at radius 3 is 2.50 bits per heavy atom. The van der Waals surface area contributed by atoms with E-state index in [0.29, 0.717) is 35.6 Å². The number of hydrogen-bond acceptors (Lipinski definition) is 2. The highest BCUT2D eigenvalue weighted by Gasteiger charge is 2.31. The number of carbonyl (C=O) groups is 2. The molecule has 1 heterocycles. The van der Waals surface area contributed by atoms with Crippen molar-refractivity contribution in [1.29, 1.82) is 0 Å². The average Bonchev–Trinajstić information content (AvgIpc) is 3.05. The van der Waals surface area contributed by atoms with Gasteiger partial charge in [0.1, 0.15) is 12.0 Å². The van der Waals surface area contributed by atoms with Crippen molar-refractivity contribution in [3.05, 3.63) is 70.9 Å². The van der Waals surface area contributed by atoms with Crippen molar-refractivity contribution in [3.8, 4) is 0 Å². The number of carbonyl (C=O) groups excluding carboxylic acids is 2. The van der Waals surface area contributed by atoms with Crippen LogP contribution in [0, 0.1) is 0 Å². The maximum atomic E-state index is 13.0. The van der Waals surface area contributed by atoms with Crippen LogP contribution in [-0.2, 0) is 23.8 Å². The topological polar surface area (TPSA) is 62.0 Å². The van der Waals surface area contributed by atoms with Gasteiger partial charge in [-0.25, -0.2) is 0 Å². The smallest absolute Gasteiger partial charge is 0.350 e. The van der Waals surface area contributed by atoms with Gasteiger partial charge in [-0.3, -0.25) is 4.79 Å². The number of aldehydes is 1. The number of fused-ring (bicyclic) bond motifs is 1. The molecule has 7 heteroatoms. The maximum absolute atomic E-state index is 13.0. The molecule has 0 aliphatic rings. The van der Waals surface area contributed by atoms with Gasteiger partial charge < -0.3 is 15.1 Å². The van der Waals surface area contributed by atoms with E-state index in [1.807, 2.05) is 30.3 Å². The number of halogens is 3. The summed E-state index contributed by atoms with van der Waals surface area (Å²) in [5, 5.41) is 3.01. The molecule has 0 aliphatic carbocycles. The minimum Gasteiger partial charge on any atom is -0.350 e. The van der Waals surface area contributed by atoms with Crippen molar-refractivity contribution in [2.75, 3.05) is 0 Å². The molecule has 0 fully saturated rings. The van der Waals surface area contributed by atoms with Crippen molar-refractivity contribution in [2.45, 2.75) is 32.0 Å². The molecule has 146 valence electrons. The standard InChI is InChI=1S/C21H19F3N2O2/c1-2-16-17-11-14(21(22,23)24)8-9-18(17)26-19(16)20(28)25-15(12-27)10-13-6-4-3-5-7-13/h3-9,11-12,15,26H,2,10H2,1H3,(H,25,28). The number of rotatable bonds is 6. The summed E-state index contributed by atoms with van der Waals surface area (Å²) in [5.41, 5.74) is 1.23. The second-order valence-corrected chi connectivity index (χ2v) is 6.50. The number of H-pyrrole nitrogens is 1. The van der Waals surface area contributed by atoms with E-state index in [0.717, 1.165) is 17.7 Å². The number of aromatic nitrogens is 1. The summed E-state index contributed by atoms with van der Waals surface area (Å²) in [6.07, 6.45) is -3.11. The first-order valence-electron chi connectivity index (χ1n) is 8.85. The van der Waals surface area contributed by atoms with E-state index in [-0.39, 0.29) is 5.69 Å². The first-order valence-corrected chi connectivity index (χ1v) is 8.85. The third-order valence-corrected chi connectivity index (χ3v) is 4.59. The molecule has 2 N–H and O–H groups in total. The second-order valence-electron chi connectivity index (χ2n) is 6.50. The Morgan fingerprint density at radius 1 is 1.18 bits per heavy atom. The van der Waals surface area contributed by atoms with Crippen molar-refractivity contribution < 1.29 is 22.8 Å². The Bertz CT molecular complexity index is 994. The van der Waals surface area contributed by atoms with Crippen LogP contribution in [0.3, 0.4) is 0 Å². The van der Waals surface area contributed by atoms with E-state index in [9.17, 15) is 22.8 Å². The summed E-state index contributed by atoms with van der Waals surface area (Å²) in [6.45, 7) is 1.76. The number of nitrogens with one attached hydrogen (secondary N) is 2. The van der Waals surface area contributed by atoms with Gasteiger partial charge in [-0.15, -0.1) is 0 Å². The van der Waals surface area contributed by atoms with Gasteiger partial charge in [0, 0.05) is 10.9 Å². The Kier molecular flexibility index (Phi) is 5.53. The quantitative estimate of drug-likeness (QED) is 0.619. The molecule has 1 unspecified atom stereocenters. The fraction of sp³-hybridized carbons (Fsp3) is 0.238. The van der Waals surface area contributed by atoms with Crippen LogP contribution in [0.2, 0.25) is 0 Å². The maximum Gasteiger partial charge on any atom is 0.416 e. The lowest BCUT2D eigenvalue weighted by Gasteiger charge is -2.13. The molecule has 0 saturated carbocycles. The van der Waals surface area contributed by atoms with Crippen LogP contribution in [0.5, 0.6) is 0 Å². The predicted octanol–water partition coefficient (Wildman–Crippen LogP) is 4.29. The highest BCUT2D eigenvalue weighted by molar-refractivity contribution is 6.02. The number of alkyl halides is 3. The van der Waals surface area contributed by atoms with Gasteiger partial charge >= 0.3 is 6.18 Å². The molecule has 28 heavy (non-hydrogen) atoms. The molecule has 0 radical (unpaired) electrons. The van der Waals surface area contributed by atoms with Crippen molar-refractivity contribution >= 4 is 23.1 Å². The van der Waals surface area contributed by atoms with Crippen LogP contribution >= 0.6 is 0 Å². The number of benzene rings is 2. The summed E-state index contributed by atoms with van der Waals surface area (Å²) in [7, 11) is 0. The van der Waals surface area contributed by atoms with E-state index in [2.05, 4.69) is 10.3 Å². The Morgan fingerprint density at radius 2 is 1.89 bits per heavy atom. The Labute approximate surface area is 159 Å². The van der Waals surface area contributed by atoms with Crippen LogP contribution in [0.15, 0.2) is 48.5 Å². The highest BCUT2D eigenvalue weighted by Crippen LogP contribution is 2.33. The molecular weight excluding hydrogens is 369 g/mol. The largest absolute Gasteiger partial charge is 0.416 e. The molecule has 3 aromatic rings. The van der Waals surface area contributed by atoms with Crippen LogP contribution in [-0.4, -0.2) is 23.2 Å². The van der Waals surface area contributed by atoms with Crippen molar-refractivity contribution in [2.24, 2.45) is 0 Å². The average molecular weight is 388 g/mol. The van der Waals surface area contributed by atoms with Crippen LogP contribution in [0.25, 0.3) is 10.9 Å². The van der Waals surface area contributed by atoms with Crippen LogP contribution < -0.4 is 5.32 Å². The van der Waals surface area contributed by atoms with Gasteiger partial charge in [0.2, 0.25) is 0 Å². The van der Waals surface area contributed by atoms with Crippen molar-refractivity contribution in [1.82, 2.24) is 10.3 Å². The minimum absolute atomic E-state index is 0.178. The summed E-state index contributed by atoms with van der Waals surface area (Å²) in [6, 6.07) is 11.8. The summed E-state index contributed by atoms with van der Waals surface area (Å²) in [4.78, 5) is 27.0. The zero-order valence-electron chi connectivity index (χ0n) is 15.1. The molecule has 2 aromatic carbocycles. The third kappa shape index (κ3) is 4.08. The van der Waals surface area contributed by atoms with E-state index >= 15 is 0 Å². The predicted molar refractivity (Wildman–Crippen MR) is 100 cm³/mol. The van der Waals surface area contributed by atoms with Crippen molar-refractivity contribution in [3.63, 3.8) is 0 Å². The SMILES string of the molecule is CCc1c(C(=O)NC(C=O)Cc2ccccc2)[nH]c2ccc(C(F)(F)F)cc12. The lowest BCUT2D eigenvalue weighted by molar-refractivity contribution is -0.137. The van der Waals surface area contributed by atoms with Crippen LogP contribution in [0.4, 0.5) is 13.2 Å². The normalized spacial score (nSPS) is 12.7. The Balaban J connectivity index is 1.89. The lowest BCUT2D eigenvalue weighted by Crippen LogP contribution is -2.38. The third-order valence-electron chi connectivity index (χ3n) is 4.59. The first kappa shape index (κ1) is 19.7. The molecule has 0 bridgehead atoms. The first-order chi connectivity index (χ1) is 13.3. The molecule has 1 amide bonds. The zero-order valence-corrected chi connectivity index (χ0v) is 15.1. The molecule has 4 nitrogen and oxygen atoms in total.